The molecule has 206 valence electrons. The van der Waals surface area contributed by atoms with Gasteiger partial charge in [0.1, 0.15) is 5.75 Å². The van der Waals surface area contributed by atoms with Crippen LogP contribution in [0.4, 0.5) is 30.2 Å². The summed E-state index contributed by atoms with van der Waals surface area (Å²) >= 11 is 0. The molecule has 1 aliphatic heterocycles. The molecule has 3 aromatic carbocycles. The highest BCUT2D eigenvalue weighted by Crippen LogP contribution is 2.47. The number of aryl methyl sites for hydroxylation is 2. The fourth-order valence-electron chi connectivity index (χ4n) is 5.58. The van der Waals surface area contributed by atoms with Crippen LogP contribution in [-0.2, 0) is 22.4 Å². The molecule has 5 rings (SSSR count). The molecule has 2 aliphatic rings. The molecule has 0 amide bonds. The fraction of sp³-hybridized carbons (Fsp3) is 0.367. The van der Waals surface area contributed by atoms with Crippen molar-refractivity contribution in [2.24, 2.45) is 0 Å². The number of anilines is 3. The Labute approximate surface area is 226 Å². The maximum atomic E-state index is 12.6. The number of nitrogens with zero attached hydrogens (tertiary/aromatic N) is 2. The Bertz CT molecular complexity index is 1310. The van der Waals surface area contributed by atoms with Crippen LogP contribution >= 0.6 is 0 Å². The van der Waals surface area contributed by atoms with Crippen molar-refractivity contribution in [2.45, 2.75) is 57.7 Å². The summed E-state index contributed by atoms with van der Waals surface area (Å²) in [5.41, 5.74) is 6.42. The standard InChI is InChI=1S/C30H32F3N3O3/c1-3-38-28(37)18-12-20-11-17-26-27(19-20)35(2)29(34-22-13-15-23(16-14-22)39-30(31,32)33)36(26)25-10-6-8-21-7-4-5-9-24(21)25/h4-5,7,9,11,13-17,19,25,29,34H,3,6,8,10,12,18H2,1-2H3/t25-,29?/m1/s1. The molecule has 2 atom stereocenters. The number of ether oxygens (including phenoxy) is 2. The van der Waals surface area contributed by atoms with E-state index >= 15 is 0 Å². The summed E-state index contributed by atoms with van der Waals surface area (Å²) in [6.45, 7) is 2.16. The molecule has 1 unspecified atom stereocenters. The highest BCUT2D eigenvalue weighted by atomic mass is 19.4. The third-order valence-corrected chi connectivity index (χ3v) is 7.31. The van der Waals surface area contributed by atoms with Crippen molar-refractivity contribution in [1.82, 2.24) is 0 Å². The molecule has 6 nitrogen and oxygen atoms in total. The quantitative estimate of drug-likeness (QED) is 0.318. The molecule has 39 heavy (non-hydrogen) atoms. The average molecular weight is 540 g/mol. The summed E-state index contributed by atoms with van der Waals surface area (Å²) < 4.78 is 47.1. The van der Waals surface area contributed by atoms with Crippen molar-refractivity contribution < 1.29 is 27.4 Å². The molecule has 0 saturated heterocycles. The maximum Gasteiger partial charge on any atom is 0.573 e. The first-order valence-corrected chi connectivity index (χ1v) is 13.2. The van der Waals surface area contributed by atoms with E-state index < -0.39 is 6.36 Å². The smallest absolute Gasteiger partial charge is 0.466 e. The van der Waals surface area contributed by atoms with Crippen LogP contribution in [-0.4, -0.2) is 32.3 Å². The van der Waals surface area contributed by atoms with Crippen molar-refractivity contribution in [1.29, 1.82) is 0 Å². The minimum atomic E-state index is -4.74. The van der Waals surface area contributed by atoms with Gasteiger partial charge in [-0.3, -0.25) is 4.79 Å². The van der Waals surface area contributed by atoms with Crippen molar-refractivity contribution in [3.63, 3.8) is 0 Å². The Kier molecular flexibility index (Phi) is 7.59. The normalized spacial score (nSPS) is 18.4. The topological polar surface area (TPSA) is 54.0 Å². The van der Waals surface area contributed by atoms with E-state index in [0.29, 0.717) is 25.1 Å². The molecule has 1 N–H and O–H groups in total. The number of benzene rings is 3. The SMILES string of the molecule is CCOC(=O)CCc1ccc2c(c1)N(C)C(Nc1ccc(OC(F)(F)F)cc1)N2[C@@H]1CCCc2ccccc21. The Morgan fingerprint density at radius 3 is 2.56 bits per heavy atom. The Morgan fingerprint density at radius 1 is 1.05 bits per heavy atom. The van der Waals surface area contributed by atoms with E-state index in [0.717, 1.165) is 36.2 Å². The van der Waals surface area contributed by atoms with Crippen LogP contribution in [0, 0.1) is 0 Å². The highest BCUT2D eigenvalue weighted by molar-refractivity contribution is 5.80. The second kappa shape index (κ2) is 11.1. The molecular formula is C30H32F3N3O3. The van der Waals surface area contributed by atoms with E-state index in [-0.39, 0.29) is 24.1 Å². The van der Waals surface area contributed by atoms with Gasteiger partial charge in [0.05, 0.1) is 24.0 Å². The van der Waals surface area contributed by atoms with E-state index in [1.54, 1.807) is 19.1 Å². The molecule has 0 radical (unpaired) electrons. The second-order valence-electron chi connectivity index (χ2n) is 9.84. The summed E-state index contributed by atoms with van der Waals surface area (Å²) in [5.74, 6) is -0.482. The number of hydrogen-bond acceptors (Lipinski definition) is 6. The predicted octanol–water partition coefficient (Wildman–Crippen LogP) is 6.81. The van der Waals surface area contributed by atoms with E-state index in [1.807, 2.05) is 7.05 Å². The fourth-order valence-corrected chi connectivity index (χ4v) is 5.58. The van der Waals surface area contributed by atoms with Gasteiger partial charge in [-0.1, -0.05) is 30.3 Å². The zero-order chi connectivity index (χ0) is 27.6. The van der Waals surface area contributed by atoms with Gasteiger partial charge in [-0.05, 0) is 85.7 Å². The Balaban J connectivity index is 1.46. The molecule has 0 aromatic heterocycles. The van der Waals surface area contributed by atoms with E-state index in [4.69, 9.17) is 4.74 Å². The molecule has 0 saturated carbocycles. The first kappa shape index (κ1) is 26.7. The van der Waals surface area contributed by atoms with Crippen molar-refractivity contribution in [3.8, 4) is 5.75 Å². The zero-order valence-electron chi connectivity index (χ0n) is 22.0. The van der Waals surface area contributed by atoms with Crippen LogP contribution in [0.25, 0.3) is 0 Å². The second-order valence-corrected chi connectivity index (χ2v) is 9.84. The summed E-state index contributed by atoms with van der Waals surface area (Å²) in [6.07, 6.45) is -1.07. The molecular weight excluding hydrogens is 507 g/mol. The summed E-state index contributed by atoms with van der Waals surface area (Å²) in [4.78, 5) is 16.4. The predicted molar refractivity (Wildman–Crippen MR) is 145 cm³/mol. The average Bonchev–Trinajstić information content (AvgIpc) is 3.18. The van der Waals surface area contributed by atoms with Crippen molar-refractivity contribution in [2.75, 3.05) is 28.8 Å². The number of nitrogens with one attached hydrogen (secondary N) is 1. The number of halogens is 3. The van der Waals surface area contributed by atoms with Crippen LogP contribution in [0.5, 0.6) is 5.75 Å². The van der Waals surface area contributed by atoms with Gasteiger partial charge in [0, 0.05) is 19.2 Å². The number of hydrogen-bond donors (Lipinski definition) is 1. The van der Waals surface area contributed by atoms with Crippen LogP contribution in [0.3, 0.4) is 0 Å². The highest BCUT2D eigenvalue weighted by Gasteiger charge is 2.40. The van der Waals surface area contributed by atoms with E-state index in [9.17, 15) is 18.0 Å². The van der Waals surface area contributed by atoms with Gasteiger partial charge in [0.25, 0.3) is 0 Å². The van der Waals surface area contributed by atoms with Crippen LogP contribution in [0.15, 0.2) is 66.7 Å². The van der Waals surface area contributed by atoms with Gasteiger partial charge < -0.3 is 24.6 Å². The third kappa shape index (κ3) is 5.92. The number of carbonyl (C=O) groups excluding carboxylic acids is 1. The lowest BCUT2D eigenvalue weighted by molar-refractivity contribution is -0.274. The third-order valence-electron chi connectivity index (χ3n) is 7.31. The first-order valence-electron chi connectivity index (χ1n) is 13.2. The lowest BCUT2D eigenvalue weighted by Crippen LogP contribution is -2.49. The maximum absolute atomic E-state index is 12.6. The number of alkyl halides is 3. The van der Waals surface area contributed by atoms with E-state index in [2.05, 4.69) is 62.3 Å². The number of esters is 1. The molecule has 1 aliphatic carbocycles. The number of carbonyl (C=O) groups is 1. The van der Waals surface area contributed by atoms with Crippen molar-refractivity contribution in [3.05, 3.63) is 83.4 Å². The lowest BCUT2D eigenvalue weighted by atomic mass is 9.86. The van der Waals surface area contributed by atoms with Gasteiger partial charge in [-0.2, -0.15) is 0 Å². The summed E-state index contributed by atoms with van der Waals surface area (Å²) in [7, 11) is 2.00. The monoisotopic (exact) mass is 539 g/mol. The zero-order valence-corrected chi connectivity index (χ0v) is 22.0. The summed E-state index contributed by atoms with van der Waals surface area (Å²) in [5, 5.41) is 3.53. The molecule has 0 spiro atoms. The summed E-state index contributed by atoms with van der Waals surface area (Å²) in [6, 6.07) is 20.7. The minimum absolute atomic E-state index is 0.120. The molecule has 0 fully saturated rings. The van der Waals surface area contributed by atoms with Gasteiger partial charge in [-0.25, -0.2) is 0 Å². The van der Waals surface area contributed by atoms with Crippen LogP contribution in [0.1, 0.15) is 48.9 Å². The van der Waals surface area contributed by atoms with E-state index in [1.165, 1.54) is 23.3 Å². The molecule has 9 heteroatoms. The van der Waals surface area contributed by atoms with Gasteiger partial charge in [0.2, 0.25) is 0 Å². The van der Waals surface area contributed by atoms with Gasteiger partial charge in [0.15, 0.2) is 6.29 Å². The lowest BCUT2D eigenvalue weighted by Gasteiger charge is -2.40. The molecule has 0 bridgehead atoms. The molecule has 1 heterocycles. The number of fused-ring (bicyclic) bond motifs is 2. The largest absolute Gasteiger partial charge is 0.573 e. The number of rotatable bonds is 8. The van der Waals surface area contributed by atoms with Crippen LogP contribution < -0.4 is 19.9 Å². The van der Waals surface area contributed by atoms with Crippen molar-refractivity contribution >= 4 is 23.0 Å². The molecule has 3 aromatic rings. The first-order chi connectivity index (χ1) is 18.7. The Morgan fingerprint density at radius 2 is 1.82 bits per heavy atom. The van der Waals surface area contributed by atoms with Gasteiger partial charge >= 0.3 is 12.3 Å². The minimum Gasteiger partial charge on any atom is -0.466 e. The Hall–Kier alpha value is -3.88. The van der Waals surface area contributed by atoms with Crippen LogP contribution in [0.2, 0.25) is 0 Å². The van der Waals surface area contributed by atoms with Gasteiger partial charge in [-0.15, -0.1) is 13.2 Å².